The van der Waals surface area contributed by atoms with Gasteiger partial charge in [-0.15, -0.1) is 5.10 Å². The lowest BCUT2D eigenvalue weighted by Crippen LogP contribution is -2.36. The summed E-state index contributed by atoms with van der Waals surface area (Å²) in [6.07, 6.45) is 3.57. The second-order valence-corrected chi connectivity index (χ2v) is 7.50. The van der Waals surface area contributed by atoms with E-state index in [2.05, 4.69) is 20.5 Å². The molecule has 32 heavy (non-hydrogen) atoms. The Morgan fingerprint density at radius 3 is 2.81 bits per heavy atom. The topological polar surface area (TPSA) is 112 Å². The highest BCUT2D eigenvalue weighted by atomic mass is 19.2. The van der Waals surface area contributed by atoms with Crippen molar-refractivity contribution in [3.8, 4) is 17.1 Å². The van der Waals surface area contributed by atoms with Crippen molar-refractivity contribution in [3.05, 3.63) is 53.7 Å². The molecule has 3 aromatic rings. The third kappa shape index (κ3) is 4.13. The molecule has 0 aliphatic carbocycles. The van der Waals surface area contributed by atoms with Gasteiger partial charge in [-0.1, -0.05) is 12.1 Å². The molecule has 166 valence electrons. The van der Waals surface area contributed by atoms with E-state index < -0.39 is 11.6 Å². The predicted molar refractivity (Wildman–Crippen MR) is 112 cm³/mol. The molecule has 11 heteroatoms. The van der Waals surface area contributed by atoms with Crippen molar-refractivity contribution in [2.75, 3.05) is 18.8 Å². The van der Waals surface area contributed by atoms with Crippen molar-refractivity contribution >= 4 is 17.5 Å². The highest BCUT2D eigenvalue weighted by molar-refractivity contribution is 5.77. The zero-order valence-corrected chi connectivity index (χ0v) is 17.5. The van der Waals surface area contributed by atoms with Crippen LogP contribution in [-0.4, -0.2) is 55.4 Å². The molecule has 3 heterocycles. The van der Waals surface area contributed by atoms with Crippen LogP contribution < -0.4 is 5.73 Å². The monoisotopic (exact) mass is 441 g/mol. The van der Waals surface area contributed by atoms with E-state index >= 15 is 0 Å². The van der Waals surface area contributed by atoms with Gasteiger partial charge in [-0.25, -0.2) is 18.6 Å². The van der Waals surface area contributed by atoms with E-state index in [9.17, 15) is 13.6 Å². The summed E-state index contributed by atoms with van der Waals surface area (Å²) < 4.78 is 34.3. The van der Waals surface area contributed by atoms with E-state index in [4.69, 9.17) is 10.5 Å². The van der Waals surface area contributed by atoms with Gasteiger partial charge < -0.3 is 15.4 Å². The van der Waals surface area contributed by atoms with E-state index in [0.717, 1.165) is 21.9 Å². The molecule has 0 saturated carbocycles. The Balaban J connectivity index is 1.65. The van der Waals surface area contributed by atoms with Gasteiger partial charge in [0.2, 0.25) is 0 Å². The first kappa shape index (κ1) is 21.3. The van der Waals surface area contributed by atoms with E-state index in [0.29, 0.717) is 25.1 Å². The van der Waals surface area contributed by atoms with Crippen LogP contribution in [0, 0.1) is 11.6 Å². The van der Waals surface area contributed by atoms with Crippen LogP contribution in [0.3, 0.4) is 0 Å². The van der Waals surface area contributed by atoms with Crippen LogP contribution in [0.1, 0.15) is 25.8 Å². The molecule has 0 fully saturated rings. The lowest BCUT2D eigenvalue weighted by molar-refractivity contribution is 0.0799. The number of nitrogen functional groups attached to an aromatic ring is 1. The standard InChI is InChI=1S/C21H21F2N7O2/c1-12(2)32-21(31)29-8-6-13(7-9-29)14-10-15(19(24)25-11-14)20-26-27-28-30(20)17-5-3-4-16(22)18(17)23/h3-6,10-12H,7-9H2,1-2H3,(H2,24,25). The molecule has 1 aromatic carbocycles. The normalized spacial score (nSPS) is 13.9. The summed E-state index contributed by atoms with van der Waals surface area (Å²) in [7, 11) is 0. The summed E-state index contributed by atoms with van der Waals surface area (Å²) in [5.41, 5.74) is 8.01. The Kier molecular flexibility index (Phi) is 5.80. The lowest BCUT2D eigenvalue weighted by Gasteiger charge is -2.26. The molecular formula is C21H21F2N7O2. The number of hydrogen-bond acceptors (Lipinski definition) is 7. The summed E-state index contributed by atoms with van der Waals surface area (Å²) in [6.45, 7) is 4.48. The smallest absolute Gasteiger partial charge is 0.410 e. The van der Waals surface area contributed by atoms with E-state index in [1.165, 1.54) is 12.1 Å². The summed E-state index contributed by atoms with van der Waals surface area (Å²) in [5, 5.41) is 11.3. The van der Waals surface area contributed by atoms with E-state index in [-0.39, 0.29) is 29.5 Å². The van der Waals surface area contributed by atoms with Gasteiger partial charge in [-0.05, 0) is 60.0 Å². The average molecular weight is 441 g/mol. The fourth-order valence-corrected chi connectivity index (χ4v) is 3.38. The van der Waals surface area contributed by atoms with E-state index in [1.54, 1.807) is 31.0 Å². The molecule has 2 aromatic heterocycles. The molecule has 0 atom stereocenters. The van der Waals surface area contributed by atoms with Gasteiger partial charge in [-0.3, -0.25) is 0 Å². The SMILES string of the molecule is CC(C)OC(=O)N1CC=C(c2cnc(N)c(-c3nnnn3-c3cccc(F)c3F)c2)CC1. The van der Waals surface area contributed by atoms with Gasteiger partial charge in [-0.2, -0.15) is 4.68 Å². The molecular weight excluding hydrogens is 420 g/mol. The number of rotatable bonds is 4. The minimum Gasteiger partial charge on any atom is -0.447 e. The lowest BCUT2D eigenvalue weighted by atomic mass is 9.99. The second-order valence-electron chi connectivity index (χ2n) is 7.50. The molecule has 0 saturated heterocycles. The quantitative estimate of drug-likeness (QED) is 0.662. The van der Waals surface area contributed by atoms with Crippen LogP contribution in [0.2, 0.25) is 0 Å². The molecule has 0 unspecified atom stereocenters. The van der Waals surface area contributed by atoms with Crippen molar-refractivity contribution in [2.24, 2.45) is 0 Å². The molecule has 9 nitrogen and oxygen atoms in total. The second kappa shape index (κ2) is 8.69. The van der Waals surface area contributed by atoms with Gasteiger partial charge >= 0.3 is 6.09 Å². The number of amides is 1. The average Bonchev–Trinajstić information content (AvgIpc) is 3.25. The summed E-state index contributed by atoms with van der Waals surface area (Å²) >= 11 is 0. The number of carbonyl (C=O) groups excluding carboxylic acids is 1. The first-order chi connectivity index (χ1) is 15.3. The number of aromatic nitrogens is 5. The fourth-order valence-electron chi connectivity index (χ4n) is 3.38. The first-order valence-corrected chi connectivity index (χ1v) is 9.98. The number of nitrogens with zero attached hydrogens (tertiary/aromatic N) is 6. The van der Waals surface area contributed by atoms with Gasteiger partial charge in [0.15, 0.2) is 17.5 Å². The number of halogens is 2. The number of tetrazole rings is 1. The summed E-state index contributed by atoms with van der Waals surface area (Å²) in [5.74, 6) is -1.83. The van der Waals surface area contributed by atoms with Crippen LogP contribution in [-0.2, 0) is 4.74 Å². The highest BCUT2D eigenvalue weighted by Gasteiger charge is 2.22. The Morgan fingerprint density at radius 2 is 2.09 bits per heavy atom. The molecule has 0 radical (unpaired) electrons. The molecule has 4 rings (SSSR count). The van der Waals surface area contributed by atoms with Gasteiger partial charge in [0.1, 0.15) is 11.5 Å². The van der Waals surface area contributed by atoms with Gasteiger partial charge in [0, 0.05) is 19.3 Å². The van der Waals surface area contributed by atoms with Crippen LogP contribution in [0.25, 0.3) is 22.6 Å². The zero-order valence-electron chi connectivity index (χ0n) is 17.5. The van der Waals surface area contributed by atoms with Gasteiger partial charge in [0.05, 0.1) is 11.7 Å². The van der Waals surface area contributed by atoms with E-state index in [1.807, 2.05) is 6.08 Å². The van der Waals surface area contributed by atoms with Crippen molar-refractivity contribution in [2.45, 2.75) is 26.4 Å². The zero-order chi connectivity index (χ0) is 22.8. The number of hydrogen-bond donors (Lipinski definition) is 1. The van der Waals surface area contributed by atoms with Crippen molar-refractivity contribution in [3.63, 3.8) is 0 Å². The maximum absolute atomic E-state index is 14.3. The molecule has 1 amide bonds. The third-order valence-corrected chi connectivity index (χ3v) is 4.96. The third-order valence-electron chi connectivity index (χ3n) is 4.96. The minimum atomic E-state index is -1.08. The first-order valence-electron chi connectivity index (χ1n) is 9.98. The number of anilines is 1. The molecule has 0 bridgehead atoms. The number of carbonyl (C=O) groups is 1. The van der Waals surface area contributed by atoms with Crippen LogP contribution in [0.5, 0.6) is 0 Å². The summed E-state index contributed by atoms with van der Waals surface area (Å²) in [6, 6.07) is 5.48. The predicted octanol–water partition coefficient (Wildman–Crippen LogP) is 3.22. The largest absolute Gasteiger partial charge is 0.447 e. The molecule has 2 N–H and O–H groups in total. The number of benzene rings is 1. The Hall–Kier alpha value is -3.89. The number of ether oxygens (including phenoxy) is 1. The number of nitrogens with two attached hydrogens (primary N) is 1. The Morgan fingerprint density at radius 1 is 1.28 bits per heavy atom. The Bertz CT molecular complexity index is 1190. The fraction of sp³-hybridized carbons (Fsp3) is 0.286. The summed E-state index contributed by atoms with van der Waals surface area (Å²) in [4.78, 5) is 17.9. The van der Waals surface area contributed by atoms with Crippen LogP contribution in [0.4, 0.5) is 19.4 Å². The van der Waals surface area contributed by atoms with Crippen molar-refractivity contribution in [1.82, 2.24) is 30.1 Å². The van der Waals surface area contributed by atoms with Crippen molar-refractivity contribution in [1.29, 1.82) is 0 Å². The van der Waals surface area contributed by atoms with Crippen LogP contribution in [0.15, 0.2) is 36.5 Å². The van der Waals surface area contributed by atoms with Gasteiger partial charge in [0.25, 0.3) is 0 Å². The molecule has 1 aliphatic heterocycles. The Labute approximate surface area is 182 Å². The molecule has 0 spiro atoms. The maximum Gasteiger partial charge on any atom is 0.410 e. The van der Waals surface area contributed by atoms with Crippen LogP contribution >= 0.6 is 0 Å². The maximum atomic E-state index is 14.3. The number of pyridine rings is 1. The highest BCUT2D eigenvalue weighted by Crippen LogP contribution is 2.30. The minimum absolute atomic E-state index is 0.125. The molecule has 1 aliphatic rings. The van der Waals surface area contributed by atoms with Crippen molar-refractivity contribution < 1.29 is 18.3 Å².